The Hall–Kier alpha value is -1.88. The van der Waals surface area contributed by atoms with Gasteiger partial charge in [-0.3, -0.25) is 10.1 Å². The number of nitrogens with zero attached hydrogens (tertiary/aromatic N) is 3. The Balaban J connectivity index is 0.00000225. The highest BCUT2D eigenvalue weighted by Crippen LogP contribution is 2.35. The molecule has 5 nitrogen and oxygen atoms in total. The topological polar surface area (TPSA) is 71.3 Å². The number of hydrogen-bond acceptors (Lipinski definition) is 3. The van der Waals surface area contributed by atoms with Crippen molar-refractivity contribution < 1.29 is 30.5 Å². The summed E-state index contributed by atoms with van der Waals surface area (Å²) in [5.74, 6) is 0. The zero-order chi connectivity index (χ0) is 11.6. The van der Waals surface area contributed by atoms with Crippen molar-refractivity contribution in [2.45, 2.75) is 6.18 Å². The molecule has 1 aromatic carbocycles. The lowest BCUT2D eigenvalue weighted by atomic mass is 10.1. The average Bonchev–Trinajstić information content (AvgIpc) is 2.15. The number of halogens is 4. The summed E-state index contributed by atoms with van der Waals surface area (Å²) in [6.45, 7) is 0. The lowest BCUT2D eigenvalue weighted by Crippen LogP contribution is -3.00. The molecule has 0 atom stereocenters. The Bertz CT molecular complexity index is 455. The Morgan fingerprint density at radius 3 is 2.31 bits per heavy atom. The normalized spacial score (nSPS) is 10.1. The van der Waals surface area contributed by atoms with Crippen molar-refractivity contribution in [1.82, 2.24) is 0 Å². The van der Waals surface area contributed by atoms with E-state index in [-0.39, 0.29) is 12.4 Å². The van der Waals surface area contributed by atoms with Crippen LogP contribution >= 0.6 is 0 Å². The smallest absolute Gasteiger partial charge is 0.461 e. The molecule has 0 bridgehead atoms. The van der Waals surface area contributed by atoms with Gasteiger partial charge in [-0.1, -0.05) is 0 Å². The summed E-state index contributed by atoms with van der Waals surface area (Å²) >= 11 is 0. The fraction of sp³-hybridized carbons (Fsp3) is 0.143. The minimum atomic E-state index is -4.67. The molecule has 1 rings (SSSR count). The molecule has 0 heterocycles. The quantitative estimate of drug-likeness (QED) is 0.405. The van der Waals surface area contributed by atoms with Crippen LogP contribution in [0.2, 0.25) is 0 Å². The lowest BCUT2D eigenvalue weighted by Gasteiger charge is -2.03. The molecule has 0 N–H and O–H groups in total. The molecule has 16 heavy (non-hydrogen) atoms. The fourth-order valence-electron chi connectivity index (χ4n) is 0.931. The van der Waals surface area contributed by atoms with Crippen LogP contribution in [-0.4, -0.2) is 4.92 Å². The highest BCUT2D eigenvalue weighted by atomic mass is 35.5. The number of benzene rings is 1. The number of nitro benzene ring substituents is 1. The second kappa shape index (κ2) is 4.76. The maximum Gasteiger partial charge on any atom is 0.461 e. The summed E-state index contributed by atoms with van der Waals surface area (Å²) in [4.78, 5) is 11.8. The van der Waals surface area contributed by atoms with Crippen molar-refractivity contribution in [1.29, 1.82) is 5.39 Å². The molecule has 0 radical (unpaired) electrons. The van der Waals surface area contributed by atoms with Crippen molar-refractivity contribution in [2.24, 2.45) is 0 Å². The van der Waals surface area contributed by atoms with E-state index in [2.05, 4.69) is 4.98 Å². The monoisotopic (exact) mass is 253 g/mol. The summed E-state index contributed by atoms with van der Waals surface area (Å²) in [5, 5.41) is 18.6. The van der Waals surface area contributed by atoms with Crippen LogP contribution in [-0.2, 0) is 6.18 Å². The molecule has 9 heteroatoms. The summed E-state index contributed by atoms with van der Waals surface area (Å²) in [6.07, 6.45) is -4.67. The molecule has 0 aromatic heterocycles. The minimum Gasteiger partial charge on any atom is -1.00 e. The van der Waals surface area contributed by atoms with Crippen LogP contribution in [0.15, 0.2) is 18.2 Å². The molecule has 0 aliphatic carbocycles. The summed E-state index contributed by atoms with van der Waals surface area (Å²) in [6, 6.07) is 1.64. The number of hydrogen-bond donors (Lipinski definition) is 0. The van der Waals surface area contributed by atoms with Crippen LogP contribution < -0.4 is 12.4 Å². The molecule has 0 spiro atoms. The van der Waals surface area contributed by atoms with E-state index in [0.29, 0.717) is 12.1 Å². The van der Waals surface area contributed by atoms with Gasteiger partial charge in [0.15, 0.2) is 4.98 Å². The first-order chi connectivity index (χ1) is 6.86. The molecule has 0 fully saturated rings. The van der Waals surface area contributed by atoms with Gasteiger partial charge in [0.05, 0.1) is 10.5 Å². The first kappa shape index (κ1) is 14.1. The zero-order valence-electron chi connectivity index (χ0n) is 7.40. The molecular formula is C7H3ClF3N3O2. The van der Waals surface area contributed by atoms with E-state index < -0.39 is 28.0 Å². The van der Waals surface area contributed by atoms with E-state index in [9.17, 15) is 23.3 Å². The molecule has 1 aromatic rings. The van der Waals surface area contributed by atoms with E-state index in [0.717, 1.165) is 6.07 Å². The molecule has 0 saturated carbocycles. The Labute approximate surface area is 93.1 Å². The van der Waals surface area contributed by atoms with Crippen LogP contribution in [0.5, 0.6) is 0 Å². The standard InChI is InChI=1S/C7H3F3N3O2.ClH/c8-7(9,10)4-1-2-5(12-11)6(3-4)13(14)15;/h1-3H;1H/q+1;/p-1. The van der Waals surface area contributed by atoms with Crippen LogP contribution in [0, 0.1) is 15.5 Å². The van der Waals surface area contributed by atoms with E-state index in [1.165, 1.54) is 0 Å². The molecule has 86 valence electrons. The van der Waals surface area contributed by atoms with E-state index in [4.69, 9.17) is 5.39 Å². The van der Waals surface area contributed by atoms with Gasteiger partial charge >= 0.3 is 17.6 Å². The summed E-state index contributed by atoms with van der Waals surface area (Å²) in [5.41, 5.74) is -2.58. The number of nitro groups is 1. The van der Waals surface area contributed by atoms with Gasteiger partial charge in [0.2, 0.25) is 5.39 Å². The number of rotatable bonds is 1. The summed E-state index contributed by atoms with van der Waals surface area (Å²) in [7, 11) is 0. The van der Waals surface area contributed by atoms with Gasteiger partial charge in [0, 0.05) is 12.1 Å². The van der Waals surface area contributed by atoms with Crippen molar-refractivity contribution in [3.63, 3.8) is 0 Å². The maximum absolute atomic E-state index is 12.2. The maximum atomic E-state index is 12.2. The third-order valence-electron chi connectivity index (χ3n) is 1.61. The second-order valence-corrected chi connectivity index (χ2v) is 2.56. The average molecular weight is 254 g/mol. The highest BCUT2D eigenvalue weighted by molar-refractivity contribution is 5.63. The van der Waals surface area contributed by atoms with Crippen molar-refractivity contribution >= 4 is 11.4 Å². The molecule has 0 unspecified atom stereocenters. The minimum absolute atomic E-state index is 0. The van der Waals surface area contributed by atoms with Crippen molar-refractivity contribution in [2.75, 3.05) is 0 Å². The van der Waals surface area contributed by atoms with Crippen LogP contribution in [0.3, 0.4) is 0 Å². The third-order valence-corrected chi connectivity index (χ3v) is 1.61. The van der Waals surface area contributed by atoms with E-state index >= 15 is 0 Å². The second-order valence-electron chi connectivity index (χ2n) is 2.56. The Morgan fingerprint density at radius 1 is 1.38 bits per heavy atom. The SMILES string of the molecule is N#[N+]c1ccc(C(F)(F)F)cc1[N+](=O)[O-].[Cl-]. The zero-order valence-corrected chi connectivity index (χ0v) is 8.16. The molecule has 0 aliphatic rings. The van der Waals surface area contributed by atoms with Gasteiger partial charge in [0.25, 0.3) is 0 Å². The first-order valence-corrected chi connectivity index (χ1v) is 3.57. The van der Waals surface area contributed by atoms with Gasteiger partial charge in [-0.15, -0.1) is 0 Å². The Morgan fingerprint density at radius 2 is 1.94 bits per heavy atom. The van der Waals surface area contributed by atoms with E-state index in [1.807, 2.05) is 0 Å². The van der Waals surface area contributed by atoms with Crippen LogP contribution in [0.25, 0.3) is 4.98 Å². The predicted molar refractivity (Wildman–Crippen MR) is 42.8 cm³/mol. The first-order valence-electron chi connectivity index (χ1n) is 3.57. The predicted octanol–water partition coefficient (Wildman–Crippen LogP) is 0.102. The van der Waals surface area contributed by atoms with Crippen molar-refractivity contribution in [3.05, 3.63) is 38.9 Å². The number of alkyl halides is 3. The fourth-order valence-corrected chi connectivity index (χ4v) is 0.931. The number of diazo groups is 1. The van der Waals surface area contributed by atoms with Gasteiger partial charge in [-0.2, -0.15) is 13.2 Å². The van der Waals surface area contributed by atoms with Gasteiger partial charge in [-0.25, -0.2) is 0 Å². The van der Waals surface area contributed by atoms with Gasteiger partial charge in [-0.05, 0) is 6.07 Å². The van der Waals surface area contributed by atoms with E-state index in [1.54, 1.807) is 0 Å². The van der Waals surface area contributed by atoms with Gasteiger partial charge < -0.3 is 12.4 Å². The van der Waals surface area contributed by atoms with Crippen LogP contribution in [0.1, 0.15) is 5.56 Å². The van der Waals surface area contributed by atoms with Crippen molar-refractivity contribution in [3.8, 4) is 0 Å². The molecule has 0 amide bonds. The lowest BCUT2D eigenvalue weighted by molar-refractivity contribution is -0.384. The largest absolute Gasteiger partial charge is 1.00 e. The highest BCUT2D eigenvalue weighted by Gasteiger charge is 2.35. The molecule has 0 saturated heterocycles. The molecular weight excluding hydrogens is 251 g/mol. The summed E-state index contributed by atoms with van der Waals surface area (Å²) < 4.78 is 36.5. The van der Waals surface area contributed by atoms with Gasteiger partial charge in [0.1, 0.15) is 0 Å². The van der Waals surface area contributed by atoms with Crippen LogP contribution in [0.4, 0.5) is 24.5 Å². The third kappa shape index (κ3) is 2.80. The Kier molecular flexibility index (Phi) is 4.20. The molecule has 0 aliphatic heterocycles.